The number of nitrogens with zero attached hydrogens (tertiary/aromatic N) is 2. The Kier molecular flexibility index (Phi) is 6.63. The highest BCUT2D eigenvalue weighted by molar-refractivity contribution is 5.85. The van der Waals surface area contributed by atoms with Crippen LogP contribution in [0.2, 0.25) is 0 Å². The summed E-state index contributed by atoms with van der Waals surface area (Å²) in [7, 11) is 0. The second-order valence-electron chi connectivity index (χ2n) is 3.17. The van der Waals surface area contributed by atoms with Crippen molar-refractivity contribution in [1.29, 1.82) is 5.26 Å². The predicted octanol–water partition coefficient (Wildman–Crippen LogP) is 1.65. The molecular weight excluding hydrogens is 244 g/mol. The normalized spacial score (nSPS) is 8.94. The molecule has 0 bridgehead atoms. The van der Waals surface area contributed by atoms with Gasteiger partial charge in [0, 0.05) is 12.6 Å². The summed E-state index contributed by atoms with van der Waals surface area (Å²) in [4.78, 5) is 10.2. The number of hydrogen-bond donors (Lipinski definition) is 2. The van der Waals surface area contributed by atoms with Crippen molar-refractivity contribution in [2.75, 3.05) is 18.4 Å². The van der Waals surface area contributed by atoms with Crippen LogP contribution in [-0.4, -0.2) is 18.0 Å². The highest BCUT2D eigenvalue weighted by Crippen LogP contribution is 2.25. The maximum Gasteiger partial charge on any atom is 0.293 e. The van der Waals surface area contributed by atoms with Crippen LogP contribution >= 0.6 is 12.4 Å². The average Bonchev–Trinajstić information content (AvgIpc) is 2.29. The van der Waals surface area contributed by atoms with E-state index in [-0.39, 0.29) is 23.7 Å². The van der Waals surface area contributed by atoms with Crippen molar-refractivity contribution in [3.05, 3.63) is 33.9 Å². The van der Waals surface area contributed by atoms with Crippen LogP contribution in [0.4, 0.5) is 11.4 Å². The fourth-order valence-electron chi connectivity index (χ4n) is 1.23. The number of rotatable bonds is 5. The maximum absolute atomic E-state index is 10.8. The van der Waals surface area contributed by atoms with Crippen molar-refractivity contribution in [2.24, 2.45) is 5.73 Å². The quantitative estimate of drug-likeness (QED) is 0.473. The molecule has 0 saturated carbocycles. The molecule has 0 aromatic heterocycles. The van der Waals surface area contributed by atoms with Crippen LogP contribution in [-0.2, 0) is 0 Å². The van der Waals surface area contributed by atoms with Gasteiger partial charge in [0.15, 0.2) is 0 Å². The van der Waals surface area contributed by atoms with Gasteiger partial charge in [-0.05, 0) is 25.1 Å². The van der Waals surface area contributed by atoms with E-state index in [0.717, 1.165) is 6.42 Å². The molecule has 1 aromatic rings. The van der Waals surface area contributed by atoms with Crippen molar-refractivity contribution >= 4 is 23.8 Å². The molecule has 0 aliphatic heterocycles. The maximum atomic E-state index is 10.8. The highest BCUT2D eigenvalue weighted by Gasteiger charge is 2.13. The number of nitro groups is 1. The molecule has 3 N–H and O–H groups in total. The van der Waals surface area contributed by atoms with Crippen LogP contribution in [0.25, 0.3) is 0 Å². The first-order valence-electron chi connectivity index (χ1n) is 4.81. The molecule has 0 spiro atoms. The largest absolute Gasteiger partial charge is 0.379 e. The number of hydrogen-bond acceptors (Lipinski definition) is 5. The van der Waals surface area contributed by atoms with E-state index in [1.807, 2.05) is 6.07 Å². The van der Waals surface area contributed by atoms with Gasteiger partial charge in [0.2, 0.25) is 0 Å². The van der Waals surface area contributed by atoms with Gasteiger partial charge in [-0.2, -0.15) is 5.26 Å². The van der Waals surface area contributed by atoms with Crippen LogP contribution < -0.4 is 11.1 Å². The van der Waals surface area contributed by atoms with Gasteiger partial charge in [0.25, 0.3) is 5.69 Å². The predicted molar refractivity (Wildman–Crippen MR) is 67.2 cm³/mol. The van der Waals surface area contributed by atoms with Crippen molar-refractivity contribution in [2.45, 2.75) is 6.42 Å². The first-order chi connectivity index (χ1) is 7.69. The van der Waals surface area contributed by atoms with Crippen LogP contribution in [0.3, 0.4) is 0 Å². The Hall–Kier alpha value is -1.84. The van der Waals surface area contributed by atoms with Crippen molar-refractivity contribution in [1.82, 2.24) is 0 Å². The summed E-state index contributed by atoms with van der Waals surface area (Å²) >= 11 is 0. The zero-order valence-corrected chi connectivity index (χ0v) is 9.87. The van der Waals surface area contributed by atoms with Gasteiger partial charge in [-0.15, -0.1) is 12.4 Å². The van der Waals surface area contributed by atoms with Gasteiger partial charge in [-0.1, -0.05) is 0 Å². The zero-order valence-electron chi connectivity index (χ0n) is 9.05. The number of nitro benzene ring substituents is 1. The van der Waals surface area contributed by atoms with E-state index in [4.69, 9.17) is 11.0 Å². The van der Waals surface area contributed by atoms with Crippen molar-refractivity contribution in [3.63, 3.8) is 0 Å². The minimum Gasteiger partial charge on any atom is -0.379 e. The fraction of sp³-hybridized carbons (Fsp3) is 0.300. The third kappa shape index (κ3) is 4.26. The van der Waals surface area contributed by atoms with E-state index in [9.17, 15) is 10.1 Å². The molecule has 0 radical (unpaired) electrons. The van der Waals surface area contributed by atoms with Gasteiger partial charge >= 0.3 is 0 Å². The number of nitriles is 1. The van der Waals surface area contributed by atoms with E-state index in [1.54, 1.807) is 0 Å². The van der Waals surface area contributed by atoms with Crippen LogP contribution in [0.15, 0.2) is 18.2 Å². The first kappa shape index (κ1) is 15.2. The highest BCUT2D eigenvalue weighted by atomic mass is 35.5. The van der Waals surface area contributed by atoms with Crippen LogP contribution in [0.1, 0.15) is 12.0 Å². The van der Waals surface area contributed by atoms with Gasteiger partial charge in [0.1, 0.15) is 5.69 Å². The molecule has 0 saturated heterocycles. The fourth-order valence-corrected chi connectivity index (χ4v) is 1.23. The van der Waals surface area contributed by atoms with E-state index in [2.05, 4.69) is 5.32 Å². The molecule has 0 unspecified atom stereocenters. The van der Waals surface area contributed by atoms with E-state index in [0.29, 0.717) is 18.8 Å². The van der Waals surface area contributed by atoms with Crippen LogP contribution in [0, 0.1) is 21.4 Å². The van der Waals surface area contributed by atoms with E-state index >= 15 is 0 Å². The lowest BCUT2D eigenvalue weighted by molar-refractivity contribution is -0.384. The summed E-state index contributed by atoms with van der Waals surface area (Å²) in [5, 5.41) is 22.3. The van der Waals surface area contributed by atoms with Crippen molar-refractivity contribution < 1.29 is 4.92 Å². The van der Waals surface area contributed by atoms with Gasteiger partial charge < -0.3 is 11.1 Å². The minimum absolute atomic E-state index is 0. The Morgan fingerprint density at radius 1 is 1.53 bits per heavy atom. The molecule has 0 aliphatic carbocycles. The topological polar surface area (TPSA) is 105 Å². The molecule has 1 aromatic carbocycles. The Labute approximate surface area is 105 Å². The monoisotopic (exact) mass is 256 g/mol. The van der Waals surface area contributed by atoms with Gasteiger partial charge in [-0.3, -0.25) is 10.1 Å². The smallest absolute Gasteiger partial charge is 0.293 e. The van der Waals surface area contributed by atoms with E-state index in [1.165, 1.54) is 18.2 Å². The molecule has 0 fully saturated rings. The Balaban J connectivity index is 0.00000256. The summed E-state index contributed by atoms with van der Waals surface area (Å²) in [5.41, 5.74) is 5.92. The lowest BCUT2D eigenvalue weighted by Gasteiger charge is -2.06. The summed E-state index contributed by atoms with van der Waals surface area (Å²) in [6, 6.07) is 6.19. The zero-order chi connectivity index (χ0) is 12.0. The molecule has 0 atom stereocenters. The van der Waals surface area contributed by atoms with Gasteiger partial charge in [0.05, 0.1) is 16.6 Å². The average molecular weight is 257 g/mol. The molecule has 17 heavy (non-hydrogen) atoms. The first-order valence-corrected chi connectivity index (χ1v) is 4.81. The second-order valence-corrected chi connectivity index (χ2v) is 3.17. The standard InChI is InChI=1S/C10H12N4O2.ClH/c11-4-1-5-13-9-3-2-8(7-12)6-10(9)14(15)16;/h2-3,6,13H,1,4-5,11H2;1H. The number of benzene rings is 1. The Morgan fingerprint density at radius 2 is 2.24 bits per heavy atom. The Bertz CT molecular complexity index is 431. The third-order valence-electron chi connectivity index (χ3n) is 2.02. The molecule has 92 valence electrons. The molecule has 6 nitrogen and oxygen atoms in total. The van der Waals surface area contributed by atoms with Crippen molar-refractivity contribution in [3.8, 4) is 6.07 Å². The molecular formula is C10H13ClN4O2. The number of halogens is 1. The van der Waals surface area contributed by atoms with E-state index < -0.39 is 4.92 Å². The SMILES string of the molecule is Cl.N#Cc1ccc(NCCCN)c([N+](=O)[O-])c1. The Morgan fingerprint density at radius 3 is 2.76 bits per heavy atom. The number of nitrogens with one attached hydrogen (secondary N) is 1. The number of nitrogens with two attached hydrogens (primary N) is 1. The summed E-state index contributed by atoms with van der Waals surface area (Å²) in [5.74, 6) is 0. The minimum atomic E-state index is -0.508. The summed E-state index contributed by atoms with van der Waals surface area (Å²) in [6.45, 7) is 1.10. The second kappa shape index (κ2) is 7.44. The lowest BCUT2D eigenvalue weighted by atomic mass is 10.2. The summed E-state index contributed by atoms with van der Waals surface area (Å²) < 4.78 is 0. The molecule has 0 amide bonds. The number of anilines is 1. The lowest BCUT2D eigenvalue weighted by Crippen LogP contribution is -2.09. The third-order valence-corrected chi connectivity index (χ3v) is 2.02. The molecule has 7 heteroatoms. The summed E-state index contributed by atoms with van der Waals surface area (Å²) in [6.07, 6.45) is 0.733. The van der Waals surface area contributed by atoms with Crippen LogP contribution in [0.5, 0.6) is 0 Å². The molecule has 0 aliphatic rings. The molecule has 1 rings (SSSR count). The van der Waals surface area contributed by atoms with Gasteiger partial charge in [-0.25, -0.2) is 0 Å². The molecule has 0 heterocycles.